The number of nitrogens with zero attached hydrogens (tertiary/aromatic N) is 3. The van der Waals surface area contributed by atoms with Crippen LogP contribution >= 0.6 is 35.2 Å². The number of ether oxygens (including phenoxy) is 5. The smallest absolute Gasteiger partial charge is 0.388 e. The summed E-state index contributed by atoms with van der Waals surface area (Å²) in [5, 5.41) is 24.8. The van der Waals surface area contributed by atoms with Gasteiger partial charge in [0.1, 0.15) is 58.1 Å². The lowest BCUT2D eigenvalue weighted by atomic mass is 9.93. The molecule has 1 aromatic rings. The van der Waals surface area contributed by atoms with Gasteiger partial charge in [-0.1, -0.05) is 11.6 Å². The molecule has 4 radical (unpaired) electrons. The van der Waals surface area contributed by atoms with Crippen molar-refractivity contribution in [2.75, 3.05) is 65.2 Å². The van der Waals surface area contributed by atoms with Gasteiger partial charge < -0.3 is 54.1 Å². The quantitative estimate of drug-likeness (QED) is 0.0316. The minimum Gasteiger partial charge on any atom is -0.388 e. The largest absolute Gasteiger partial charge is 0.472 e. The van der Waals surface area contributed by atoms with Crippen LogP contribution < -0.4 is 10.6 Å². The van der Waals surface area contributed by atoms with Crippen molar-refractivity contribution in [2.45, 2.75) is 130 Å². The van der Waals surface area contributed by atoms with Crippen molar-refractivity contribution in [3.05, 3.63) is 11.9 Å². The van der Waals surface area contributed by atoms with Crippen LogP contribution in [0.15, 0.2) is 6.20 Å². The number of phosphoric ester groups is 3. The minimum absolute atomic E-state index is 0.0794. The summed E-state index contributed by atoms with van der Waals surface area (Å²) >= 11 is 1.89. The number of phosphoric acid groups is 3. The second-order valence-electron chi connectivity index (χ2n) is 16.1. The Morgan fingerprint density at radius 3 is 2.27 bits per heavy atom. The molecule has 0 bridgehead atoms. The molecule has 31 heteroatoms. The van der Waals surface area contributed by atoms with Gasteiger partial charge in [-0.05, 0) is 38.5 Å². The number of urea groups is 1. The molecule has 2 amide bonds. The number of aliphatic hydroxyl groups excluding tert-OH is 1. The summed E-state index contributed by atoms with van der Waals surface area (Å²) in [6.45, 7) is 0.995. The van der Waals surface area contributed by atoms with Gasteiger partial charge in [-0.2, -0.15) is 11.8 Å². The summed E-state index contributed by atoms with van der Waals surface area (Å²) in [6, 6.07) is -2.63. The minimum atomic E-state index is -5.06. The standard InChI is InChI=1S/C35H58B2N5O20P3S/c36-33-29(44)30-25(58-33)19-56-65(50,51)61-31-26(20-57-64(48,49)60-30)59-34(37)32(31)62-63(46,47)55-12-4-3-6-22-18-42(41-40-22)10-13-53-15-17-54-16-14-52-11-5-8-23(43)7-1-2-9-27-28-24(21-66-27)38-35(45)39-28/h18,24-34,44H,1-17,19-21H2,(H,46,47)(H,48,49)(H,50,51)(H2,38,39,45)/t24?,25-,26-,27?,28?,29+,30?,31?,32+,33-,34-/m1/s1. The fourth-order valence-corrected chi connectivity index (χ4v) is 12.1. The maximum Gasteiger partial charge on any atom is 0.472 e. The maximum atomic E-state index is 12.9. The van der Waals surface area contributed by atoms with E-state index < -0.39 is 85.3 Å². The number of aromatic nitrogens is 3. The third kappa shape index (κ3) is 16.9. The Bertz CT molecular complexity index is 1870. The van der Waals surface area contributed by atoms with Crippen molar-refractivity contribution in [1.82, 2.24) is 25.6 Å². The van der Waals surface area contributed by atoms with E-state index in [1.165, 1.54) is 0 Å². The van der Waals surface area contributed by atoms with Crippen LogP contribution in [0, 0.1) is 0 Å². The number of fused-ring (bicyclic) bond motifs is 3. The Morgan fingerprint density at radius 1 is 0.879 bits per heavy atom. The Labute approximate surface area is 388 Å². The molecule has 5 aliphatic rings. The second kappa shape index (κ2) is 25.7. The van der Waals surface area contributed by atoms with Crippen LogP contribution in [-0.4, -0.2) is 193 Å². The summed E-state index contributed by atoms with van der Waals surface area (Å²) < 4.78 is 98.0. The van der Waals surface area contributed by atoms with Crippen LogP contribution in [0.5, 0.6) is 0 Å². The number of aryl methyl sites for hydroxylation is 1. The normalized spacial score (nSPS) is 35.5. The first-order valence-electron chi connectivity index (χ1n) is 21.8. The molecule has 66 heavy (non-hydrogen) atoms. The number of thioether (sulfide) groups is 1. The summed E-state index contributed by atoms with van der Waals surface area (Å²) in [6.07, 6.45) is -2.08. The van der Waals surface area contributed by atoms with E-state index in [0.29, 0.717) is 89.2 Å². The molecule has 6 heterocycles. The van der Waals surface area contributed by atoms with Crippen molar-refractivity contribution in [2.24, 2.45) is 0 Å². The van der Waals surface area contributed by atoms with Gasteiger partial charge >= 0.3 is 29.5 Å². The van der Waals surface area contributed by atoms with Crippen molar-refractivity contribution in [3.63, 3.8) is 0 Å². The van der Waals surface area contributed by atoms with Gasteiger partial charge in [0.05, 0.1) is 77.2 Å². The Kier molecular flexibility index (Phi) is 21.0. The number of hydrogen-bond donors (Lipinski definition) is 6. The number of nitrogens with one attached hydrogen (secondary N) is 2. The molecular formula is C35H58B2N5O20P3S. The monoisotopic (exact) mass is 1020 g/mol. The van der Waals surface area contributed by atoms with E-state index in [1.807, 2.05) is 11.8 Å². The molecule has 5 saturated heterocycles. The Balaban J connectivity index is 0.769. The predicted molar refractivity (Wildman–Crippen MR) is 230 cm³/mol. The topological polar surface area (TPSA) is 323 Å². The molecule has 14 atom stereocenters. The van der Waals surface area contributed by atoms with E-state index in [0.717, 1.165) is 25.0 Å². The molecule has 8 unspecified atom stereocenters. The molecule has 0 spiro atoms. The number of Topliss-reactive ketones (excluding diaryl/α,β-unsaturated/α-hetero) is 1. The predicted octanol–water partition coefficient (Wildman–Crippen LogP) is 0.394. The van der Waals surface area contributed by atoms with Crippen molar-refractivity contribution in [1.29, 1.82) is 0 Å². The maximum absolute atomic E-state index is 12.9. The third-order valence-electron chi connectivity index (χ3n) is 11.0. The van der Waals surface area contributed by atoms with E-state index in [2.05, 4.69) is 20.9 Å². The molecular weight excluding hydrogens is 957 g/mol. The highest BCUT2D eigenvalue weighted by atomic mass is 32.2. The van der Waals surface area contributed by atoms with Gasteiger partial charge in [0.25, 0.3) is 0 Å². The number of unbranched alkanes of at least 4 members (excludes halogenated alkanes) is 2. The van der Waals surface area contributed by atoms with Gasteiger partial charge in [0.15, 0.2) is 0 Å². The number of aliphatic hydroxyl groups is 1. The first-order chi connectivity index (χ1) is 31.5. The molecule has 25 nitrogen and oxygen atoms in total. The Morgan fingerprint density at radius 2 is 1.53 bits per heavy atom. The SMILES string of the molecule is [B][C@@H]1O[C@@H]2COP(=O)(O)OC3[C@@H](COP(=O)(O)OC2[C@@H]1O)O[C@@H]([B])[C@H]3OP(=O)(O)OCCCCc1cn(CCOCCOCCOCCCC(=O)CCCCC2SCC3NC(=O)NC32)nn1. The number of hydrogen-bond acceptors (Lipinski definition) is 20. The van der Waals surface area contributed by atoms with Crippen molar-refractivity contribution < 1.29 is 93.9 Å². The number of amides is 2. The van der Waals surface area contributed by atoms with Crippen LogP contribution in [0.3, 0.4) is 0 Å². The zero-order valence-corrected chi connectivity index (χ0v) is 39.6. The average molecular weight is 1020 g/mol. The lowest BCUT2D eigenvalue weighted by molar-refractivity contribution is -0.119. The molecule has 5 aliphatic heterocycles. The van der Waals surface area contributed by atoms with Crippen LogP contribution in [0.2, 0.25) is 0 Å². The van der Waals surface area contributed by atoms with Crippen molar-refractivity contribution >= 4 is 62.7 Å². The van der Waals surface area contributed by atoms with Crippen molar-refractivity contribution in [3.8, 4) is 0 Å². The van der Waals surface area contributed by atoms with Gasteiger partial charge in [-0.3, -0.25) is 31.9 Å². The van der Waals surface area contributed by atoms with E-state index in [4.69, 9.17) is 66.5 Å². The van der Waals surface area contributed by atoms with Crippen LogP contribution in [0.1, 0.15) is 57.1 Å². The summed E-state index contributed by atoms with van der Waals surface area (Å²) in [7, 11) is -3.35. The van der Waals surface area contributed by atoms with Gasteiger partial charge in [0, 0.05) is 48.7 Å². The van der Waals surface area contributed by atoms with Crippen LogP contribution in [0.4, 0.5) is 4.79 Å². The molecule has 0 saturated carbocycles. The van der Waals surface area contributed by atoms with E-state index in [9.17, 15) is 43.1 Å². The molecule has 1 aromatic heterocycles. The van der Waals surface area contributed by atoms with E-state index in [-0.39, 0.29) is 36.9 Å². The van der Waals surface area contributed by atoms with Gasteiger partial charge in [-0.25, -0.2) is 23.2 Å². The van der Waals surface area contributed by atoms with E-state index in [1.54, 1.807) is 10.9 Å². The Hall–Kier alpha value is -1.35. The lowest BCUT2D eigenvalue weighted by Gasteiger charge is -2.29. The number of ketones is 1. The molecule has 0 aromatic carbocycles. The third-order valence-corrected chi connectivity index (χ3v) is 15.5. The summed E-state index contributed by atoms with van der Waals surface area (Å²) in [5.74, 6) is 1.18. The van der Waals surface area contributed by atoms with E-state index >= 15 is 0 Å². The number of rotatable bonds is 26. The fraction of sp³-hybridized carbons (Fsp3) is 0.886. The van der Waals surface area contributed by atoms with Crippen LogP contribution in [0.25, 0.3) is 0 Å². The highest BCUT2D eigenvalue weighted by molar-refractivity contribution is 8.00. The zero-order chi connectivity index (χ0) is 47.3. The van der Waals surface area contributed by atoms with Gasteiger partial charge in [-0.15, -0.1) is 5.10 Å². The lowest BCUT2D eigenvalue weighted by Crippen LogP contribution is -2.40. The molecule has 370 valence electrons. The summed E-state index contributed by atoms with van der Waals surface area (Å²) in [4.78, 5) is 55.0. The average Bonchev–Trinajstić information content (AvgIpc) is 4.07. The first-order valence-corrected chi connectivity index (χ1v) is 27.3. The highest BCUT2D eigenvalue weighted by Gasteiger charge is 2.53. The zero-order valence-electron chi connectivity index (χ0n) is 36.1. The molecule has 0 aliphatic carbocycles. The molecule has 6 rings (SSSR count). The van der Waals surface area contributed by atoms with Crippen LogP contribution in [-0.2, 0) is 82.3 Å². The molecule has 5 fully saturated rings. The first kappa shape index (κ1) is 54.0. The second-order valence-corrected chi connectivity index (χ2v) is 21.6. The number of carbonyl (C=O) groups excluding carboxylic acids is 2. The highest BCUT2D eigenvalue weighted by Crippen LogP contribution is 2.54. The fourth-order valence-electron chi connectivity index (χ4n) is 7.71. The summed E-state index contributed by atoms with van der Waals surface area (Å²) in [5.41, 5.74) is 0.669. The molecule has 6 N–H and O–H groups in total. The van der Waals surface area contributed by atoms with Gasteiger partial charge in [0.2, 0.25) is 0 Å². The number of carbonyl (C=O) groups is 2.